The van der Waals surface area contributed by atoms with Crippen molar-refractivity contribution in [3.63, 3.8) is 0 Å². The molecule has 0 atom stereocenters. The molecule has 0 fully saturated rings. The van der Waals surface area contributed by atoms with Crippen LogP contribution >= 0.6 is 0 Å². The lowest BCUT2D eigenvalue weighted by molar-refractivity contribution is -0.111. The molecule has 0 aliphatic carbocycles. The Hall–Kier alpha value is -4.06. The summed E-state index contributed by atoms with van der Waals surface area (Å²) in [7, 11) is 1.49. The van der Waals surface area contributed by atoms with Gasteiger partial charge in [-0.2, -0.15) is 0 Å². The van der Waals surface area contributed by atoms with Crippen molar-refractivity contribution in [2.24, 2.45) is 0 Å². The third kappa shape index (κ3) is 3.00. The Morgan fingerprint density at radius 1 is 0.621 bits per heavy atom. The molecule has 6 heteroatoms. The molecule has 5 rings (SSSR count). The van der Waals surface area contributed by atoms with E-state index in [-0.39, 0.29) is 23.4 Å². The highest BCUT2D eigenvalue weighted by Gasteiger charge is 2.33. The summed E-state index contributed by atoms with van der Waals surface area (Å²) in [6.45, 7) is 0. The largest absolute Gasteiger partial charge is 0.295 e. The first-order valence-corrected chi connectivity index (χ1v) is 8.99. The molecule has 3 aromatic carbocycles. The van der Waals surface area contributed by atoms with Gasteiger partial charge in [-0.05, 0) is 30.3 Å². The summed E-state index contributed by atoms with van der Waals surface area (Å²) in [6, 6.07) is 23.6. The van der Waals surface area contributed by atoms with Crippen LogP contribution < -0.4 is 4.90 Å². The van der Waals surface area contributed by atoms with Gasteiger partial charge in [0.15, 0.2) is 0 Å². The van der Waals surface area contributed by atoms with Gasteiger partial charge in [-0.3, -0.25) is 29.6 Å². The van der Waals surface area contributed by atoms with Crippen LogP contribution in [-0.2, 0) is 4.79 Å². The highest BCUT2D eigenvalue weighted by atomic mass is 16.2. The number of para-hydroxylation sites is 2. The number of hydrogen-bond acceptors (Lipinski definition) is 4. The van der Waals surface area contributed by atoms with Crippen LogP contribution in [0.4, 0.5) is 11.4 Å². The number of fused-ring (bicyclic) bond motifs is 2. The first kappa shape index (κ1) is 18.3. The van der Waals surface area contributed by atoms with Crippen LogP contribution in [0.25, 0.3) is 0 Å². The first-order valence-electron chi connectivity index (χ1n) is 8.99. The standard InChI is InChI=1S/C14H10N2O.C9H7NO2/c15-13-11-8-4-5-9-12(11)16(14(13)17)10-6-2-1-3-7-10;1-10-8(11)6-4-2-3-5-7(6)9(10)12/h1-9,15H;2-5H,1H3. The van der Waals surface area contributed by atoms with E-state index in [1.54, 1.807) is 35.2 Å². The summed E-state index contributed by atoms with van der Waals surface area (Å²) in [5.74, 6) is -0.691. The summed E-state index contributed by atoms with van der Waals surface area (Å²) in [6.07, 6.45) is 0. The molecule has 0 saturated carbocycles. The molecule has 6 nitrogen and oxygen atoms in total. The van der Waals surface area contributed by atoms with Crippen LogP contribution in [0.5, 0.6) is 0 Å². The molecule has 2 heterocycles. The van der Waals surface area contributed by atoms with E-state index >= 15 is 0 Å². The summed E-state index contributed by atoms with van der Waals surface area (Å²) >= 11 is 0. The van der Waals surface area contributed by atoms with Crippen LogP contribution in [0.1, 0.15) is 26.3 Å². The molecule has 3 aromatic rings. The molecule has 0 unspecified atom stereocenters. The molecule has 0 aromatic heterocycles. The smallest absolute Gasteiger partial charge is 0.281 e. The molecule has 142 valence electrons. The van der Waals surface area contributed by atoms with E-state index in [0.29, 0.717) is 16.7 Å². The normalized spacial score (nSPS) is 14.5. The quantitative estimate of drug-likeness (QED) is 0.651. The van der Waals surface area contributed by atoms with Crippen LogP contribution in [0, 0.1) is 5.41 Å². The van der Waals surface area contributed by atoms with Gasteiger partial charge in [-0.1, -0.05) is 48.5 Å². The summed E-state index contributed by atoms with van der Waals surface area (Å²) < 4.78 is 0. The van der Waals surface area contributed by atoms with E-state index in [1.165, 1.54) is 7.05 Å². The highest BCUT2D eigenvalue weighted by molar-refractivity contribution is 6.54. The number of nitrogens with zero attached hydrogens (tertiary/aromatic N) is 2. The predicted octanol–water partition coefficient (Wildman–Crippen LogP) is 3.65. The molecule has 0 saturated heterocycles. The number of carbonyl (C=O) groups is 3. The van der Waals surface area contributed by atoms with E-state index < -0.39 is 0 Å². The van der Waals surface area contributed by atoms with Gasteiger partial charge in [0, 0.05) is 18.3 Å². The van der Waals surface area contributed by atoms with E-state index in [2.05, 4.69) is 0 Å². The Morgan fingerprint density at radius 3 is 1.69 bits per heavy atom. The fourth-order valence-electron chi connectivity index (χ4n) is 3.36. The van der Waals surface area contributed by atoms with E-state index in [1.807, 2.05) is 48.5 Å². The molecule has 29 heavy (non-hydrogen) atoms. The molecule has 0 bridgehead atoms. The van der Waals surface area contributed by atoms with Crippen LogP contribution in [0.3, 0.4) is 0 Å². The summed E-state index contributed by atoms with van der Waals surface area (Å²) in [5.41, 5.74) is 3.35. The lowest BCUT2D eigenvalue weighted by Gasteiger charge is -2.16. The zero-order valence-electron chi connectivity index (χ0n) is 15.6. The molecule has 0 radical (unpaired) electrons. The number of rotatable bonds is 1. The Bertz CT molecular complexity index is 1120. The third-order valence-electron chi connectivity index (χ3n) is 4.84. The maximum atomic E-state index is 12.1. The maximum Gasteiger partial charge on any atom is 0.281 e. The van der Waals surface area contributed by atoms with Gasteiger partial charge in [0.2, 0.25) is 0 Å². The second-order valence-corrected chi connectivity index (χ2v) is 6.58. The summed E-state index contributed by atoms with van der Waals surface area (Å²) in [5, 5.41) is 7.83. The number of carbonyl (C=O) groups excluding carboxylic acids is 3. The Morgan fingerprint density at radius 2 is 1.10 bits per heavy atom. The fraction of sp³-hybridized carbons (Fsp3) is 0.0435. The maximum absolute atomic E-state index is 12.1. The molecule has 3 amide bonds. The van der Waals surface area contributed by atoms with Crippen molar-refractivity contribution in [2.45, 2.75) is 0 Å². The minimum atomic E-state index is -0.266. The van der Waals surface area contributed by atoms with Gasteiger partial charge in [0.1, 0.15) is 5.71 Å². The number of imide groups is 1. The first-order chi connectivity index (χ1) is 14.0. The predicted molar refractivity (Wildman–Crippen MR) is 110 cm³/mol. The van der Waals surface area contributed by atoms with Crippen molar-refractivity contribution < 1.29 is 14.4 Å². The van der Waals surface area contributed by atoms with Gasteiger partial charge >= 0.3 is 0 Å². The Balaban J connectivity index is 0.000000150. The minimum absolute atomic E-state index is 0.0597. The third-order valence-corrected chi connectivity index (χ3v) is 4.84. The van der Waals surface area contributed by atoms with Gasteiger partial charge in [0.25, 0.3) is 17.7 Å². The van der Waals surface area contributed by atoms with Crippen molar-refractivity contribution in [3.05, 3.63) is 95.6 Å². The van der Waals surface area contributed by atoms with Crippen LogP contribution in [0.15, 0.2) is 78.9 Å². The molecular weight excluding hydrogens is 366 g/mol. The lowest BCUT2D eigenvalue weighted by Crippen LogP contribution is -2.24. The highest BCUT2D eigenvalue weighted by Crippen LogP contribution is 2.34. The molecule has 2 aliphatic rings. The Kier molecular flexibility index (Phi) is 4.52. The van der Waals surface area contributed by atoms with Gasteiger partial charge < -0.3 is 0 Å². The second-order valence-electron chi connectivity index (χ2n) is 6.58. The monoisotopic (exact) mass is 383 g/mol. The van der Waals surface area contributed by atoms with Gasteiger partial charge in [0.05, 0.1) is 16.8 Å². The lowest BCUT2D eigenvalue weighted by atomic mass is 10.1. The molecule has 0 spiro atoms. The minimum Gasteiger partial charge on any atom is -0.295 e. The van der Waals surface area contributed by atoms with E-state index in [9.17, 15) is 14.4 Å². The average Bonchev–Trinajstić information content (AvgIpc) is 3.15. The van der Waals surface area contributed by atoms with Crippen LogP contribution in [0.2, 0.25) is 0 Å². The number of nitrogens with one attached hydrogen (secondary N) is 1. The molecular formula is C23H17N3O3. The van der Waals surface area contributed by atoms with Crippen molar-refractivity contribution >= 4 is 34.8 Å². The van der Waals surface area contributed by atoms with E-state index in [4.69, 9.17) is 5.41 Å². The van der Waals surface area contributed by atoms with Crippen molar-refractivity contribution in [3.8, 4) is 0 Å². The Labute approximate surface area is 167 Å². The van der Waals surface area contributed by atoms with Crippen molar-refractivity contribution in [2.75, 3.05) is 11.9 Å². The zero-order chi connectivity index (χ0) is 20.5. The van der Waals surface area contributed by atoms with Crippen LogP contribution in [-0.4, -0.2) is 35.4 Å². The number of anilines is 2. The molecule has 1 N–H and O–H groups in total. The second kappa shape index (κ2) is 7.16. The molecule has 2 aliphatic heterocycles. The van der Waals surface area contributed by atoms with Crippen molar-refractivity contribution in [1.29, 1.82) is 5.41 Å². The average molecular weight is 383 g/mol. The number of benzene rings is 3. The zero-order valence-corrected chi connectivity index (χ0v) is 15.6. The topological polar surface area (TPSA) is 81.5 Å². The van der Waals surface area contributed by atoms with E-state index in [0.717, 1.165) is 16.3 Å². The van der Waals surface area contributed by atoms with Crippen molar-refractivity contribution in [1.82, 2.24) is 4.90 Å². The SMILES string of the molecule is CN1C(=O)c2ccccc2C1=O.N=C1C(=O)N(c2ccccc2)c2ccccc21. The number of hydrogen-bond donors (Lipinski definition) is 1. The van der Waals surface area contributed by atoms with Gasteiger partial charge in [-0.25, -0.2) is 0 Å². The fourth-order valence-corrected chi connectivity index (χ4v) is 3.36. The number of amides is 3. The van der Waals surface area contributed by atoms with Gasteiger partial charge in [-0.15, -0.1) is 0 Å². The summed E-state index contributed by atoms with van der Waals surface area (Å²) in [4.78, 5) is 37.4.